The fraction of sp³-hybridized carbons (Fsp3) is 0.185. The molecule has 2 amide bonds. The first-order valence-corrected chi connectivity index (χ1v) is 10.7. The average Bonchev–Trinajstić information content (AvgIpc) is 3.09. The third-order valence-electron chi connectivity index (χ3n) is 5.67. The number of rotatable bonds is 8. The smallest absolute Gasteiger partial charge is 0.278 e. The number of amides is 2. The van der Waals surface area contributed by atoms with Crippen LogP contribution < -0.4 is 19.5 Å². The van der Waals surface area contributed by atoms with Gasteiger partial charge in [-0.15, -0.1) is 0 Å². The number of imide groups is 1. The van der Waals surface area contributed by atoms with Gasteiger partial charge in [0.25, 0.3) is 11.8 Å². The Balaban J connectivity index is 1.75. The van der Waals surface area contributed by atoms with Gasteiger partial charge in [0.15, 0.2) is 0 Å². The first-order valence-electron chi connectivity index (χ1n) is 10.7. The molecule has 1 aliphatic heterocycles. The van der Waals surface area contributed by atoms with E-state index in [4.69, 9.17) is 14.2 Å². The Hall–Kier alpha value is -4.26. The predicted octanol–water partition coefficient (Wildman–Crippen LogP) is 4.41. The summed E-state index contributed by atoms with van der Waals surface area (Å²) in [4.78, 5) is 28.3. The molecule has 0 spiro atoms. The van der Waals surface area contributed by atoms with Crippen molar-refractivity contribution in [1.29, 1.82) is 0 Å². The van der Waals surface area contributed by atoms with Crippen LogP contribution in [0.15, 0.2) is 72.4 Å². The van der Waals surface area contributed by atoms with Crippen LogP contribution in [0.3, 0.4) is 0 Å². The van der Waals surface area contributed by atoms with Gasteiger partial charge in [0.1, 0.15) is 22.9 Å². The first kappa shape index (κ1) is 22.9. The number of hydrogen-bond donors (Lipinski definition) is 1. The van der Waals surface area contributed by atoms with Gasteiger partial charge in [-0.1, -0.05) is 42.0 Å². The minimum Gasteiger partial charge on any atom is -0.497 e. The maximum absolute atomic E-state index is 13.5. The van der Waals surface area contributed by atoms with E-state index in [0.29, 0.717) is 34.1 Å². The molecule has 0 radical (unpaired) electrons. The van der Waals surface area contributed by atoms with Crippen molar-refractivity contribution in [3.05, 3.63) is 89.1 Å². The highest BCUT2D eigenvalue weighted by atomic mass is 16.5. The number of nitrogens with one attached hydrogen (secondary N) is 1. The molecule has 7 nitrogen and oxygen atoms in total. The van der Waals surface area contributed by atoms with Crippen molar-refractivity contribution < 1.29 is 23.8 Å². The number of anilines is 1. The Labute approximate surface area is 198 Å². The molecule has 1 N–H and O–H groups in total. The fourth-order valence-electron chi connectivity index (χ4n) is 3.78. The van der Waals surface area contributed by atoms with Crippen molar-refractivity contribution in [3.8, 4) is 17.2 Å². The summed E-state index contributed by atoms with van der Waals surface area (Å²) in [6.07, 6.45) is 0. The van der Waals surface area contributed by atoms with E-state index in [2.05, 4.69) is 5.32 Å². The Bertz CT molecular complexity index is 1250. The zero-order valence-electron chi connectivity index (χ0n) is 19.5. The largest absolute Gasteiger partial charge is 0.497 e. The zero-order chi connectivity index (χ0) is 24.2. The van der Waals surface area contributed by atoms with E-state index in [9.17, 15) is 9.59 Å². The molecule has 0 atom stereocenters. The molecule has 3 aromatic rings. The Morgan fingerprint density at radius 3 is 2.03 bits per heavy atom. The molecule has 7 heteroatoms. The van der Waals surface area contributed by atoms with E-state index in [1.165, 1.54) is 4.90 Å². The number of carbonyl (C=O) groups is 2. The van der Waals surface area contributed by atoms with Crippen molar-refractivity contribution in [2.24, 2.45) is 0 Å². The van der Waals surface area contributed by atoms with Crippen molar-refractivity contribution >= 4 is 23.1 Å². The van der Waals surface area contributed by atoms with Gasteiger partial charge < -0.3 is 19.5 Å². The summed E-state index contributed by atoms with van der Waals surface area (Å²) >= 11 is 0. The van der Waals surface area contributed by atoms with Crippen molar-refractivity contribution in [2.75, 3.05) is 26.6 Å². The van der Waals surface area contributed by atoms with E-state index < -0.39 is 5.91 Å². The lowest BCUT2D eigenvalue weighted by Crippen LogP contribution is -2.32. The minimum atomic E-state index is -0.415. The Morgan fingerprint density at radius 1 is 0.765 bits per heavy atom. The summed E-state index contributed by atoms with van der Waals surface area (Å²) in [6, 6.07) is 20.0. The quantitative estimate of drug-likeness (QED) is 0.504. The van der Waals surface area contributed by atoms with Gasteiger partial charge in [-0.3, -0.25) is 14.5 Å². The van der Waals surface area contributed by atoms with E-state index in [-0.39, 0.29) is 18.1 Å². The Morgan fingerprint density at radius 2 is 1.41 bits per heavy atom. The van der Waals surface area contributed by atoms with E-state index >= 15 is 0 Å². The molecule has 4 rings (SSSR count). The highest BCUT2D eigenvalue weighted by Crippen LogP contribution is 2.35. The second-order valence-electron chi connectivity index (χ2n) is 7.85. The highest BCUT2D eigenvalue weighted by molar-refractivity contribution is 6.36. The van der Waals surface area contributed by atoms with Crippen molar-refractivity contribution in [1.82, 2.24) is 4.90 Å². The molecule has 0 aliphatic carbocycles. The number of carbonyl (C=O) groups excluding carboxylic acids is 2. The van der Waals surface area contributed by atoms with Crippen LogP contribution in [0.25, 0.3) is 5.57 Å². The first-order chi connectivity index (χ1) is 16.4. The summed E-state index contributed by atoms with van der Waals surface area (Å²) in [5.41, 5.74) is 3.54. The molecule has 1 aliphatic rings. The van der Waals surface area contributed by atoms with Gasteiger partial charge in [0.2, 0.25) is 0 Å². The van der Waals surface area contributed by atoms with Crippen molar-refractivity contribution in [2.45, 2.75) is 13.5 Å². The monoisotopic (exact) mass is 458 g/mol. The van der Waals surface area contributed by atoms with Crippen LogP contribution in [-0.2, 0) is 16.1 Å². The molecule has 0 bridgehead atoms. The molecule has 0 unspecified atom stereocenters. The van der Waals surface area contributed by atoms with Gasteiger partial charge in [0, 0.05) is 6.07 Å². The molecule has 0 saturated heterocycles. The maximum atomic E-state index is 13.5. The number of ether oxygens (including phenoxy) is 3. The summed E-state index contributed by atoms with van der Waals surface area (Å²) < 4.78 is 16.0. The number of hydrogen-bond acceptors (Lipinski definition) is 6. The normalized spacial score (nSPS) is 13.4. The highest BCUT2D eigenvalue weighted by Gasteiger charge is 2.39. The van der Waals surface area contributed by atoms with Gasteiger partial charge in [-0.2, -0.15) is 0 Å². The topological polar surface area (TPSA) is 77.1 Å². The van der Waals surface area contributed by atoms with Crippen LogP contribution >= 0.6 is 0 Å². The lowest BCUT2D eigenvalue weighted by Gasteiger charge is -2.16. The minimum absolute atomic E-state index is 0.136. The van der Waals surface area contributed by atoms with Gasteiger partial charge in [0.05, 0.1) is 39.1 Å². The van der Waals surface area contributed by atoms with Gasteiger partial charge in [-0.25, -0.2) is 0 Å². The summed E-state index contributed by atoms with van der Waals surface area (Å²) in [6.45, 7) is 2.10. The predicted molar refractivity (Wildman–Crippen MR) is 130 cm³/mol. The van der Waals surface area contributed by atoms with Crippen LogP contribution in [0.2, 0.25) is 0 Å². The van der Waals surface area contributed by atoms with E-state index in [0.717, 1.165) is 11.1 Å². The number of nitrogens with zero attached hydrogens (tertiary/aromatic N) is 1. The maximum Gasteiger partial charge on any atom is 0.278 e. The second-order valence-corrected chi connectivity index (χ2v) is 7.85. The lowest BCUT2D eigenvalue weighted by atomic mass is 10.0. The third kappa shape index (κ3) is 4.45. The van der Waals surface area contributed by atoms with Crippen molar-refractivity contribution in [3.63, 3.8) is 0 Å². The van der Waals surface area contributed by atoms with Gasteiger partial charge in [-0.05, 0) is 42.3 Å². The fourth-order valence-corrected chi connectivity index (χ4v) is 3.78. The molecule has 1 heterocycles. The van der Waals surface area contributed by atoms with Crippen LogP contribution in [0.4, 0.5) is 5.69 Å². The van der Waals surface area contributed by atoms with Crippen LogP contribution in [-0.4, -0.2) is 38.0 Å². The molecular weight excluding hydrogens is 432 g/mol. The van der Waals surface area contributed by atoms with Crippen LogP contribution in [0, 0.1) is 6.92 Å². The molecule has 174 valence electrons. The molecule has 0 saturated carbocycles. The second kappa shape index (κ2) is 9.70. The molecule has 0 fully saturated rings. The molecule has 34 heavy (non-hydrogen) atoms. The summed E-state index contributed by atoms with van der Waals surface area (Å²) in [5.74, 6) is 1.03. The third-order valence-corrected chi connectivity index (χ3v) is 5.67. The van der Waals surface area contributed by atoms with Crippen LogP contribution in [0.1, 0.15) is 16.7 Å². The zero-order valence-corrected chi connectivity index (χ0v) is 19.5. The van der Waals surface area contributed by atoms with E-state index in [1.807, 2.05) is 43.3 Å². The van der Waals surface area contributed by atoms with Crippen LogP contribution in [0.5, 0.6) is 17.2 Å². The average molecular weight is 459 g/mol. The lowest BCUT2D eigenvalue weighted by molar-refractivity contribution is -0.137. The summed E-state index contributed by atoms with van der Waals surface area (Å²) in [5, 5.41) is 3.16. The number of benzene rings is 3. The Kier molecular flexibility index (Phi) is 6.54. The molecular formula is C27H26N2O5. The summed E-state index contributed by atoms with van der Waals surface area (Å²) in [7, 11) is 4.69. The number of aryl methyl sites for hydroxylation is 1. The van der Waals surface area contributed by atoms with E-state index in [1.54, 1.807) is 51.7 Å². The SMILES string of the molecule is COc1ccc(CN2C(=O)C(Nc3cc(OC)ccc3OC)=C(c3ccc(C)cc3)C2=O)cc1. The standard InChI is InChI=1S/C27H26N2O5/c1-17-5-9-19(10-6-17)24-25(28-22-15-21(33-3)13-14-23(22)34-4)27(31)29(26(24)30)16-18-7-11-20(32-2)12-8-18/h5-15,28H,16H2,1-4H3. The number of methoxy groups -OCH3 is 3. The molecule has 3 aromatic carbocycles. The molecule has 0 aromatic heterocycles. The van der Waals surface area contributed by atoms with Gasteiger partial charge >= 0.3 is 0 Å².